The summed E-state index contributed by atoms with van der Waals surface area (Å²) in [6.45, 7) is 13.0. The number of ether oxygens (including phenoxy) is 3. The SMILES string of the molecule is CC(C)C[C@@H](Oc1ccc(Cl)cc1)[C@H](C)OC(=O)[C@H](C)CC(=O)OC(C)(C)C. The van der Waals surface area contributed by atoms with Crippen LogP contribution >= 0.6 is 11.6 Å². The first-order chi connectivity index (χ1) is 12.9. The summed E-state index contributed by atoms with van der Waals surface area (Å²) in [6.07, 6.45) is -0.0711. The molecular weight excluding hydrogens is 380 g/mol. The zero-order valence-electron chi connectivity index (χ0n) is 18.0. The van der Waals surface area contributed by atoms with E-state index in [2.05, 4.69) is 13.8 Å². The van der Waals surface area contributed by atoms with Crippen LogP contribution < -0.4 is 4.74 Å². The van der Waals surface area contributed by atoms with E-state index in [-0.39, 0.29) is 12.5 Å². The lowest BCUT2D eigenvalue weighted by atomic mass is 10.0. The van der Waals surface area contributed by atoms with E-state index in [9.17, 15) is 9.59 Å². The van der Waals surface area contributed by atoms with Crippen LogP contribution in [0, 0.1) is 11.8 Å². The molecule has 0 bridgehead atoms. The number of hydrogen-bond donors (Lipinski definition) is 0. The third kappa shape index (κ3) is 9.45. The minimum Gasteiger partial charge on any atom is -0.487 e. The highest BCUT2D eigenvalue weighted by molar-refractivity contribution is 6.30. The lowest BCUT2D eigenvalue weighted by molar-refractivity contribution is -0.165. The topological polar surface area (TPSA) is 61.8 Å². The van der Waals surface area contributed by atoms with E-state index in [1.807, 2.05) is 0 Å². The van der Waals surface area contributed by atoms with Crippen LogP contribution in [0.4, 0.5) is 0 Å². The van der Waals surface area contributed by atoms with E-state index in [1.165, 1.54) is 0 Å². The second-order valence-corrected chi connectivity index (χ2v) is 9.01. The molecule has 0 spiro atoms. The Hall–Kier alpha value is -1.75. The van der Waals surface area contributed by atoms with Crippen molar-refractivity contribution in [3.05, 3.63) is 29.3 Å². The van der Waals surface area contributed by atoms with E-state index >= 15 is 0 Å². The van der Waals surface area contributed by atoms with Gasteiger partial charge in [0.05, 0.1) is 12.3 Å². The quantitative estimate of drug-likeness (QED) is 0.506. The number of benzene rings is 1. The first-order valence-corrected chi connectivity index (χ1v) is 10.1. The summed E-state index contributed by atoms with van der Waals surface area (Å²) < 4.78 is 16.9. The van der Waals surface area contributed by atoms with Gasteiger partial charge in [0.25, 0.3) is 0 Å². The molecule has 0 aliphatic carbocycles. The number of halogens is 1. The highest BCUT2D eigenvalue weighted by Gasteiger charge is 2.28. The van der Waals surface area contributed by atoms with Gasteiger partial charge in [0.2, 0.25) is 0 Å². The van der Waals surface area contributed by atoms with Crippen molar-refractivity contribution in [1.29, 1.82) is 0 Å². The predicted octanol–water partition coefficient (Wildman–Crippen LogP) is 5.43. The van der Waals surface area contributed by atoms with Gasteiger partial charge in [0, 0.05) is 5.02 Å². The summed E-state index contributed by atoms with van der Waals surface area (Å²) in [5.41, 5.74) is -0.581. The summed E-state index contributed by atoms with van der Waals surface area (Å²) in [5.74, 6) is -0.419. The smallest absolute Gasteiger partial charge is 0.309 e. The highest BCUT2D eigenvalue weighted by atomic mass is 35.5. The van der Waals surface area contributed by atoms with E-state index < -0.39 is 29.6 Å². The van der Waals surface area contributed by atoms with Gasteiger partial charge in [0.1, 0.15) is 23.6 Å². The molecular formula is C22H33ClO5. The van der Waals surface area contributed by atoms with Crippen molar-refractivity contribution in [2.75, 3.05) is 0 Å². The number of rotatable bonds is 9. The first kappa shape index (κ1) is 24.3. The lowest BCUT2D eigenvalue weighted by Crippen LogP contribution is -2.36. The number of esters is 2. The van der Waals surface area contributed by atoms with Crippen molar-refractivity contribution >= 4 is 23.5 Å². The fourth-order valence-corrected chi connectivity index (χ4v) is 2.71. The molecule has 0 saturated carbocycles. The van der Waals surface area contributed by atoms with Crippen molar-refractivity contribution < 1.29 is 23.8 Å². The van der Waals surface area contributed by atoms with Crippen molar-refractivity contribution in [1.82, 2.24) is 0 Å². The van der Waals surface area contributed by atoms with Crippen LogP contribution in [-0.2, 0) is 19.1 Å². The minimum atomic E-state index is -0.590. The summed E-state index contributed by atoms with van der Waals surface area (Å²) in [4.78, 5) is 24.4. The van der Waals surface area contributed by atoms with Gasteiger partial charge in [0.15, 0.2) is 0 Å². The average molecular weight is 413 g/mol. The summed E-state index contributed by atoms with van der Waals surface area (Å²) in [5, 5.41) is 0.628. The molecule has 0 N–H and O–H groups in total. The van der Waals surface area contributed by atoms with Crippen molar-refractivity contribution in [3.8, 4) is 5.75 Å². The van der Waals surface area contributed by atoms with Crippen LogP contribution in [-0.4, -0.2) is 29.7 Å². The third-order valence-electron chi connectivity index (χ3n) is 3.93. The van der Waals surface area contributed by atoms with E-state index in [0.29, 0.717) is 16.7 Å². The van der Waals surface area contributed by atoms with Crippen LogP contribution in [0.25, 0.3) is 0 Å². The molecule has 0 aliphatic heterocycles. The fraction of sp³-hybridized carbons (Fsp3) is 0.636. The molecule has 0 aliphatic rings. The second kappa shape index (κ2) is 10.7. The maximum absolute atomic E-state index is 12.4. The van der Waals surface area contributed by atoms with Gasteiger partial charge in [-0.05, 0) is 64.3 Å². The number of hydrogen-bond acceptors (Lipinski definition) is 5. The molecule has 1 rings (SSSR count). The Morgan fingerprint density at radius 2 is 1.61 bits per heavy atom. The van der Waals surface area contributed by atoms with Gasteiger partial charge in [-0.1, -0.05) is 32.4 Å². The minimum absolute atomic E-state index is 0.0181. The van der Waals surface area contributed by atoms with Gasteiger partial charge >= 0.3 is 11.9 Å². The molecule has 3 atom stereocenters. The summed E-state index contributed by atoms with van der Waals surface area (Å²) in [6, 6.07) is 7.08. The zero-order chi connectivity index (χ0) is 21.5. The molecule has 1 aromatic carbocycles. The van der Waals surface area contributed by atoms with Crippen LogP contribution in [0.3, 0.4) is 0 Å². The standard InChI is InChI=1S/C22H33ClO5/c1-14(2)12-19(27-18-10-8-17(23)9-11-18)16(4)26-21(25)15(3)13-20(24)28-22(5,6)7/h8-11,14-16,19H,12-13H2,1-7H3/t15-,16+,19-/m1/s1. The Labute approximate surface area is 173 Å². The fourth-order valence-electron chi connectivity index (χ4n) is 2.58. The van der Waals surface area contributed by atoms with E-state index in [0.717, 1.165) is 6.42 Å². The molecule has 0 unspecified atom stereocenters. The molecule has 0 fully saturated rings. The van der Waals surface area contributed by atoms with Crippen molar-refractivity contribution in [3.63, 3.8) is 0 Å². The normalized spacial score (nSPS) is 14.9. The zero-order valence-corrected chi connectivity index (χ0v) is 18.7. The van der Waals surface area contributed by atoms with Crippen LogP contribution in [0.5, 0.6) is 5.75 Å². The molecule has 0 saturated heterocycles. The Bertz CT molecular complexity index is 633. The van der Waals surface area contributed by atoms with Crippen LogP contribution in [0.15, 0.2) is 24.3 Å². The Kier molecular flexibility index (Phi) is 9.28. The first-order valence-electron chi connectivity index (χ1n) is 9.72. The largest absolute Gasteiger partial charge is 0.487 e. The van der Waals surface area contributed by atoms with Gasteiger partial charge in [-0.25, -0.2) is 0 Å². The molecule has 1 aromatic rings. The van der Waals surface area contributed by atoms with Crippen LogP contribution in [0.1, 0.15) is 61.3 Å². The molecule has 5 nitrogen and oxygen atoms in total. The van der Waals surface area contributed by atoms with E-state index in [1.54, 1.807) is 58.9 Å². The molecule has 28 heavy (non-hydrogen) atoms. The van der Waals surface area contributed by atoms with Crippen molar-refractivity contribution in [2.24, 2.45) is 11.8 Å². The van der Waals surface area contributed by atoms with Crippen molar-refractivity contribution in [2.45, 2.75) is 79.1 Å². The molecule has 0 radical (unpaired) electrons. The maximum Gasteiger partial charge on any atom is 0.309 e. The Morgan fingerprint density at radius 1 is 1.04 bits per heavy atom. The Morgan fingerprint density at radius 3 is 2.11 bits per heavy atom. The maximum atomic E-state index is 12.4. The average Bonchev–Trinajstić information content (AvgIpc) is 2.53. The molecule has 6 heteroatoms. The van der Waals surface area contributed by atoms with Crippen LogP contribution in [0.2, 0.25) is 5.02 Å². The number of carbonyl (C=O) groups is 2. The van der Waals surface area contributed by atoms with Gasteiger partial charge in [-0.15, -0.1) is 0 Å². The predicted molar refractivity (Wildman–Crippen MR) is 111 cm³/mol. The molecule has 0 amide bonds. The highest BCUT2D eigenvalue weighted by Crippen LogP contribution is 2.22. The van der Waals surface area contributed by atoms with E-state index in [4.69, 9.17) is 25.8 Å². The van der Waals surface area contributed by atoms with Gasteiger partial charge < -0.3 is 14.2 Å². The Balaban J connectivity index is 2.69. The lowest BCUT2D eigenvalue weighted by Gasteiger charge is -2.27. The van der Waals surface area contributed by atoms with Gasteiger partial charge in [-0.2, -0.15) is 0 Å². The molecule has 158 valence electrons. The second-order valence-electron chi connectivity index (χ2n) is 8.57. The molecule has 0 aromatic heterocycles. The van der Waals surface area contributed by atoms with Gasteiger partial charge in [-0.3, -0.25) is 9.59 Å². The number of carbonyl (C=O) groups excluding carboxylic acids is 2. The third-order valence-corrected chi connectivity index (χ3v) is 4.18. The monoisotopic (exact) mass is 412 g/mol. The molecule has 0 heterocycles. The summed E-state index contributed by atoms with van der Waals surface area (Å²) in [7, 11) is 0. The summed E-state index contributed by atoms with van der Waals surface area (Å²) >= 11 is 5.92.